The number of nitrogens with zero attached hydrogens (tertiary/aromatic N) is 1. The van der Waals surface area contributed by atoms with Gasteiger partial charge in [-0.2, -0.15) is 0 Å². The highest BCUT2D eigenvalue weighted by Gasteiger charge is 2.25. The monoisotopic (exact) mass is 414 g/mol. The van der Waals surface area contributed by atoms with Crippen LogP contribution < -0.4 is 10.2 Å². The van der Waals surface area contributed by atoms with Crippen LogP contribution in [0.15, 0.2) is 42.5 Å². The summed E-state index contributed by atoms with van der Waals surface area (Å²) in [7, 11) is 0. The molecule has 156 valence electrons. The van der Waals surface area contributed by atoms with Crippen LogP contribution in [0.25, 0.3) is 0 Å². The summed E-state index contributed by atoms with van der Waals surface area (Å²) in [6.45, 7) is 6.34. The fourth-order valence-corrected chi connectivity index (χ4v) is 3.90. The molecular weight excluding hydrogens is 384 g/mol. The van der Waals surface area contributed by atoms with Crippen LogP contribution in [-0.4, -0.2) is 24.2 Å². The van der Waals surface area contributed by atoms with Gasteiger partial charge in [-0.1, -0.05) is 31.5 Å². The summed E-state index contributed by atoms with van der Waals surface area (Å²) in [5, 5.41) is 13.6. The number of benzene rings is 2. The highest BCUT2D eigenvalue weighted by atomic mass is 35.5. The maximum Gasteiger partial charge on any atom is 0.303 e. The van der Waals surface area contributed by atoms with Gasteiger partial charge in [-0.05, 0) is 79.5 Å². The Morgan fingerprint density at radius 2 is 1.93 bits per heavy atom. The van der Waals surface area contributed by atoms with Crippen LogP contribution in [0.4, 0.5) is 17.1 Å². The summed E-state index contributed by atoms with van der Waals surface area (Å²) >= 11 is 6.04. The van der Waals surface area contributed by atoms with Gasteiger partial charge in [0.15, 0.2) is 0 Å². The highest BCUT2D eigenvalue weighted by Crippen LogP contribution is 2.37. The van der Waals surface area contributed by atoms with Crippen molar-refractivity contribution in [1.29, 1.82) is 0 Å². The first-order valence-corrected chi connectivity index (χ1v) is 11.0. The molecule has 2 aromatic rings. The molecule has 1 unspecified atom stereocenters. The maximum absolute atomic E-state index is 11.3. The number of carboxylic acids is 1. The molecule has 1 atom stereocenters. The Morgan fingerprint density at radius 3 is 2.52 bits per heavy atom. The second-order valence-corrected chi connectivity index (χ2v) is 8.44. The van der Waals surface area contributed by atoms with Crippen molar-refractivity contribution in [1.82, 2.24) is 0 Å². The second-order valence-electron chi connectivity index (χ2n) is 8.00. The van der Waals surface area contributed by atoms with Gasteiger partial charge in [0, 0.05) is 23.8 Å². The normalized spacial score (nSPS) is 14.4. The second kappa shape index (κ2) is 10.0. The van der Waals surface area contributed by atoms with Crippen molar-refractivity contribution in [3.63, 3.8) is 0 Å². The summed E-state index contributed by atoms with van der Waals surface area (Å²) in [5.41, 5.74) is 4.25. The zero-order valence-corrected chi connectivity index (χ0v) is 18.1. The number of hydrogen-bond acceptors (Lipinski definition) is 3. The first-order valence-electron chi connectivity index (χ1n) is 10.6. The van der Waals surface area contributed by atoms with Crippen LogP contribution in [0.1, 0.15) is 57.4 Å². The number of carboxylic acid groups (broad SMARTS) is 1. The number of halogens is 1. The van der Waals surface area contributed by atoms with E-state index in [-0.39, 0.29) is 12.3 Å². The van der Waals surface area contributed by atoms with E-state index in [1.807, 2.05) is 31.2 Å². The van der Waals surface area contributed by atoms with Gasteiger partial charge in [0.1, 0.15) is 0 Å². The minimum absolute atomic E-state index is 0.00961. The van der Waals surface area contributed by atoms with Crippen molar-refractivity contribution in [2.45, 2.75) is 51.9 Å². The molecule has 2 N–H and O–H groups in total. The summed E-state index contributed by atoms with van der Waals surface area (Å²) in [6.07, 6.45) is 4.67. The van der Waals surface area contributed by atoms with Gasteiger partial charge in [-0.3, -0.25) is 4.79 Å². The lowest BCUT2D eigenvalue weighted by Crippen LogP contribution is -2.27. The number of aliphatic carboxylic acids is 1. The topological polar surface area (TPSA) is 52.6 Å². The third kappa shape index (κ3) is 6.14. The highest BCUT2D eigenvalue weighted by molar-refractivity contribution is 6.30. The van der Waals surface area contributed by atoms with E-state index in [0.29, 0.717) is 5.02 Å². The van der Waals surface area contributed by atoms with Gasteiger partial charge >= 0.3 is 5.97 Å². The average Bonchev–Trinajstić information content (AvgIpc) is 3.51. The van der Waals surface area contributed by atoms with Crippen molar-refractivity contribution in [3.8, 4) is 0 Å². The summed E-state index contributed by atoms with van der Waals surface area (Å²) < 4.78 is 0. The minimum atomic E-state index is -0.755. The Bertz CT molecular complexity index is 818. The predicted molar refractivity (Wildman–Crippen MR) is 122 cm³/mol. The molecule has 0 saturated heterocycles. The smallest absolute Gasteiger partial charge is 0.303 e. The summed E-state index contributed by atoms with van der Waals surface area (Å²) in [5.74, 6) is 0.0462. The predicted octanol–water partition coefficient (Wildman–Crippen LogP) is 6.68. The molecule has 0 amide bonds. The zero-order valence-electron chi connectivity index (χ0n) is 17.3. The molecule has 1 aliphatic rings. The molecule has 1 aliphatic carbocycles. The fraction of sp³-hybridized carbons (Fsp3) is 0.458. The minimum Gasteiger partial charge on any atom is -0.481 e. The van der Waals surface area contributed by atoms with Crippen LogP contribution in [0, 0.1) is 5.92 Å². The number of rotatable bonds is 11. The molecule has 0 heterocycles. The molecule has 0 spiro atoms. The summed E-state index contributed by atoms with van der Waals surface area (Å²) in [4.78, 5) is 13.8. The first kappa shape index (κ1) is 21.5. The lowest BCUT2D eigenvalue weighted by atomic mass is 9.92. The van der Waals surface area contributed by atoms with Crippen molar-refractivity contribution in [2.75, 3.05) is 23.3 Å². The molecule has 1 saturated carbocycles. The van der Waals surface area contributed by atoms with Crippen LogP contribution in [0.5, 0.6) is 0 Å². The van der Waals surface area contributed by atoms with E-state index in [0.717, 1.165) is 48.8 Å². The number of nitrogens with one attached hydrogen (secondary N) is 1. The Kier molecular flexibility index (Phi) is 7.43. The van der Waals surface area contributed by atoms with E-state index >= 15 is 0 Å². The van der Waals surface area contributed by atoms with Crippen molar-refractivity contribution < 1.29 is 9.90 Å². The van der Waals surface area contributed by atoms with Crippen molar-refractivity contribution >= 4 is 34.6 Å². The van der Waals surface area contributed by atoms with Crippen LogP contribution in [-0.2, 0) is 4.79 Å². The Balaban J connectivity index is 1.96. The maximum atomic E-state index is 11.3. The lowest BCUT2D eigenvalue weighted by Gasteiger charge is -2.28. The molecule has 0 aliphatic heterocycles. The van der Waals surface area contributed by atoms with Gasteiger partial charge < -0.3 is 15.3 Å². The van der Waals surface area contributed by atoms with E-state index in [1.54, 1.807) is 0 Å². The van der Waals surface area contributed by atoms with Gasteiger partial charge in [0.2, 0.25) is 0 Å². The lowest BCUT2D eigenvalue weighted by molar-refractivity contribution is -0.137. The van der Waals surface area contributed by atoms with Crippen molar-refractivity contribution in [3.05, 3.63) is 53.1 Å². The third-order valence-corrected chi connectivity index (χ3v) is 5.79. The van der Waals surface area contributed by atoms with E-state index in [2.05, 4.69) is 35.3 Å². The van der Waals surface area contributed by atoms with E-state index in [1.165, 1.54) is 18.5 Å². The van der Waals surface area contributed by atoms with Gasteiger partial charge in [0.05, 0.1) is 17.8 Å². The van der Waals surface area contributed by atoms with E-state index in [4.69, 9.17) is 11.6 Å². The largest absolute Gasteiger partial charge is 0.481 e. The molecular formula is C24H31ClN2O2. The zero-order chi connectivity index (χ0) is 20.8. The molecule has 29 heavy (non-hydrogen) atoms. The van der Waals surface area contributed by atoms with Gasteiger partial charge in [-0.15, -0.1) is 0 Å². The standard InChI is InChI=1S/C24H31ClN2O2/c1-3-13-27(16-17-5-6-17)23-12-7-19(18(4-2)15-24(28)29)14-22(23)26-21-10-8-20(25)9-11-21/h7-12,14,17-18,26H,3-6,13,15-16H2,1-2H3,(H,28,29). The Labute approximate surface area is 178 Å². The SMILES string of the molecule is CCCN(CC1CC1)c1ccc(C(CC)CC(=O)O)cc1Nc1ccc(Cl)cc1. The number of carbonyl (C=O) groups is 1. The number of hydrogen-bond donors (Lipinski definition) is 2. The molecule has 1 fully saturated rings. The van der Waals surface area contributed by atoms with E-state index < -0.39 is 5.97 Å². The Morgan fingerprint density at radius 1 is 1.21 bits per heavy atom. The third-order valence-electron chi connectivity index (χ3n) is 5.54. The number of anilines is 3. The van der Waals surface area contributed by atoms with Crippen LogP contribution >= 0.6 is 11.6 Å². The van der Waals surface area contributed by atoms with Crippen molar-refractivity contribution in [2.24, 2.45) is 5.92 Å². The molecule has 3 rings (SSSR count). The fourth-order valence-electron chi connectivity index (χ4n) is 3.77. The molecule has 0 radical (unpaired) electrons. The Hall–Kier alpha value is -2.20. The summed E-state index contributed by atoms with van der Waals surface area (Å²) in [6, 6.07) is 14.1. The molecule has 0 bridgehead atoms. The van der Waals surface area contributed by atoms with Gasteiger partial charge in [0.25, 0.3) is 0 Å². The average molecular weight is 415 g/mol. The molecule has 0 aromatic heterocycles. The van der Waals surface area contributed by atoms with Crippen LogP contribution in [0.3, 0.4) is 0 Å². The van der Waals surface area contributed by atoms with Crippen LogP contribution in [0.2, 0.25) is 5.02 Å². The molecule has 5 heteroatoms. The molecule has 2 aromatic carbocycles. The van der Waals surface area contributed by atoms with Gasteiger partial charge in [-0.25, -0.2) is 0 Å². The van der Waals surface area contributed by atoms with E-state index in [9.17, 15) is 9.90 Å². The first-order chi connectivity index (χ1) is 14.0. The molecule has 4 nitrogen and oxygen atoms in total. The quantitative estimate of drug-likeness (QED) is 0.430.